The topological polar surface area (TPSA) is 25.8 Å². The van der Waals surface area contributed by atoms with Crippen molar-refractivity contribution in [2.45, 2.75) is 0 Å². The van der Waals surface area contributed by atoms with Gasteiger partial charge < -0.3 is 0 Å². The first-order valence-electron chi connectivity index (χ1n) is 17.9. The van der Waals surface area contributed by atoms with Crippen LogP contribution in [-0.4, -0.2) is 9.97 Å². The fourth-order valence-corrected chi connectivity index (χ4v) is 8.52. The number of hydrogen-bond donors (Lipinski definition) is 0. The van der Waals surface area contributed by atoms with Crippen LogP contribution in [0.5, 0.6) is 0 Å². The smallest absolute Gasteiger partial charge is 0.160 e. The molecule has 8 aromatic carbocycles. The molecule has 0 atom stereocenters. The predicted octanol–water partition coefficient (Wildman–Crippen LogP) is 14.0. The van der Waals surface area contributed by atoms with Crippen molar-refractivity contribution >= 4 is 42.3 Å². The van der Waals surface area contributed by atoms with Crippen LogP contribution in [0.1, 0.15) is 0 Å². The summed E-state index contributed by atoms with van der Waals surface area (Å²) in [5, 5.41) is 5.03. The van der Waals surface area contributed by atoms with Crippen molar-refractivity contribution < 1.29 is 0 Å². The van der Waals surface area contributed by atoms with Crippen molar-refractivity contribution in [1.82, 2.24) is 9.97 Å². The summed E-state index contributed by atoms with van der Waals surface area (Å²) in [6.45, 7) is 0. The van der Waals surface area contributed by atoms with Crippen LogP contribution in [0.3, 0.4) is 0 Å². The van der Waals surface area contributed by atoms with E-state index in [2.05, 4.69) is 182 Å². The summed E-state index contributed by atoms with van der Waals surface area (Å²) in [6.07, 6.45) is 0. The van der Waals surface area contributed by atoms with Crippen LogP contribution in [0.4, 0.5) is 0 Å². The summed E-state index contributed by atoms with van der Waals surface area (Å²) in [5.41, 5.74) is 11.8. The molecular weight excluding hydrogens is 661 g/mol. The van der Waals surface area contributed by atoms with Gasteiger partial charge in [0.15, 0.2) is 5.82 Å². The summed E-state index contributed by atoms with van der Waals surface area (Å²) >= 11 is 1.85. The van der Waals surface area contributed by atoms with E-state index in [1.807, 2.05) is 23.5 Å². The quantitative estimate of drug-likeness (QED) is 0.173. The van der Waals surface area contributed by atoms with E-state index in [0.717, 1.165) is 50.3 Å². The number of benzene rings is 8. The van der Waals surface area contributed by atoms with Crippen LogP contribution in [0.2, 0.25) is 0 Å². The van der Waals surface area contributed by atoms with Gasteiger partial charge in [-0.1, -0.05) is 146 Å². The normalized spacial score (nSPS) is 11.4. The molecular formula is C50H32N2S. The van der Waals surface area contributed by atoms with Crippen LogP contribution in [0.25, 0.3) is 98.2 Å². The second-order valence-electron chi connectivity index (χ2n) is 13.4. The SMILES string of the molecule is c1ccc(-c2cccc(-c3nc(-c4ccccc4)cc(-c4cc(-c5ccc6sc7ccccc7c6c5)cc(-c5cccc6ccccc56)c4)n3)c2)cc1. The Hall–Kier alpha value is -6.68. The Kier molecular flexibility index (Phi) is 7.71. The Balaban J connectivity index is 1.20. The highest BCUT2D eigenvalue weighted by Crippen LogP contribution is 2.40. The highest BCUT2D eigenvalue weighted by Gasteiger charge is 2.16. The maximum atomic E-state index is 5.34. The van der Waals surface area contributed by atoms with E-state index in [0.29, 0.717) is 5.82 Å². The molecule has 0 bridgehead atoms. The Morgan fingerprint density at radius 2 is 0.868 bits per heavy atom. The third kappa shape index (κ3) is 5.87. The van der Waals surface area contributed by atoms with Gasteiger partial charge in [0.25, 0.3) is 0 Å². The van der Waals surface area contributed by atoms with Gasteiger partial charge in [-0.3, -0.25) is 0 Å². The Morgan fingerprint density at radius 1 is 0.302 bits per heavy atom. The molecule has 3 heteroatoms. The standard InChI is InChI=1S/C50H32N2S/c1-3-13-33(14-4-1)36-19-11-20-38(27-36)50-51-46(35-16-5-2-6-17-35)32-47(52-50)41-29-39(28-40(30-41)43-23-12-18-34-15-7-8-21-42(34)43)37-25-26-49-45(31-37)44-22-9-10-24-48(44)53-49/h1-32H. The minimum absolute atomic E-state index is 0.697. The average Bonchev–Trinajstić information content (AvgIpc) is 3.62. The maximum Gasteiger partial charge on any atom is 0.160 e. The molecule has 0 radical (unpaired) electrons. The fraction of sp³-hybridized carbons (Fsp3) is 0. The molecule has 248 valence electrons. The zero-order valence-electron chi connectivity index (χ0n) is 28.8. The molecule has 0 aliphatic carbocycles. The van der Waals surface area contributed by atoms with E-state index >= 15 is 0 Å². The minimum Gasteiger partial charge on any atom is -0.228 e. The number of rotatable bonds is 6. The number of nitrogens with zero attached hydrogens (tertiary/aromatic N) is 2. The number of aromatic nitrogens is 2. The maximum absolute atomic E-state index is 5.34. The molecule has 0 spiro atoms. The molecule has 0 N–H and O–H groups in total. The summed E-state index contributed by atoms with van der Waals surface area (Å²) < 4.78 is 2.61. The van der Waals surface area contributed by atoms with Gasteiger partial charge in [0, 0.05) is 36.9 Å². The van der Waals surface area contributed by atoms with Crippen LogP contribution in [-0.2, 0) is 0 Å². The summed E-state index contributed by atoms with van der Waals surface area (Å²) in [5.74, 6) is 0.697. The highest BCUT2D eigenvalue weighted by atomic mass is 32.1. The molecule has 0 saturated carbocycles. The molecule has 10 aromatic rings. The van der Waals surface area contributed by atoms with Gasteiger partial charge in [-0.25, -0.2) is 9.97 Å². The van der Waals surface area contributed by atoms with E-state index in [9.17, 15) is 0 Å². The molecule has 0 unspecified atom stereocenters. The zero-order valence-corrected chi connectivity index (χ0v) is 29.6. The van der Waals surface area contributed by atoms with Crippen molar-refractivity contribution in [3.8, 4) is 67.3 Å². The lowest BCUT2D eigenvalue weighted by Crippen LogP contribution is -1.97. The molecule has 2 heterocycles. The van der Waals surface area contributed by atoms with Gasteiger partial charge in [-0.05, 0) is 92.7 Å². The highest BCUT2D eigenvalue weighted by molar-refractivity contribution is 7.25. The second-order valence-corrected chi connectivity index (χ2v) is 14.5. The molecule has 53 heavy (non-hydrogen) atoms. The number of hydrogen-bond acceptors (Lipinski definition) is 3. The molecule has 10 rings (SSSR count). The number of thiophene rings is 1. The first-order chi connectivity index (χ1) is 26.2. The van der Waals surface area contributed by atoms with Crippen molar-refractivity contribution in [2.24, 2.45) is 0 Å². The lowest BCUT2D eigenvalue weighted by Gasteiger charge is -2.15. The largest absolute Gasteiger partial charge is 0.228 e. The first kappa shape index (κ1) is 31.1. The fourth-order valence-electron chi connectivity index (χ4n) is 7.43. The van der Waals surface area contributed by atoms with Crippen LogP contribution < -0.4 is 0 Å². The molecule has 2 nitrogen and oxygen atoms in total. The van der Waals surface area contributed by atoms with Crippen LogP contribution in [0, 0.1) is 0 Å². The molecule has 0 aliphatic rings. The first-order valence-corrected chi connectivity index (χ1v) is 18.7. The third-order valence-electron chi connectivity index (χ3n) is 10.1. The lowest BCUT2D eigenvalue weighted by atomic mass is 9.91. The van der Waals surface area contributed by atoms with Gasteiger partial charge >= 0.3 is 0 Å². The molecule has 0 saturated heterocycles. The van der Waals surface area contributed by atoms with Gasteiger partial charge in [0.2, 0.25) is 0 Å². The molecule has 0 aliphatic heterocycles. The van der Waals surface area contributed by atoms with Crippen molar-refractivity contribution in [2.75, 3.05) is 0 Å². The Labute approximate surface area is 312 Å². The van der Waals surface area contributed by atoms with E-state index in [1.165, 1.54) is 42.1 Å². The van der Waals surface area contributed by atoms with Gasteiger partial charge in [0.1, 0.15) is 0 Å². The Bertz CT molecular complexity index is 2940. The van der Waals surface area contributed by atoms with Gasteiger partial charge in [-0.2, -0.15) is 0 Å². The van der Waals surface area contributed by atoms with Gasteiger partial charge in [0.05, 0.1) is 11.4 Å². The van der Waals surface area contributed by atoms with E-state index in [4.69, 9.17) is 9.97 Å². The van der Waals surface area contributed by atoms with E-state index in [1.54, 1.807) is 0 Å². The zero-order chi connectivity index (χ0) is 35.1. The van der Waals surface area contributed by atoms with Crippen molar-refractivity contribution in [1.29, 1.82) is 0 Å². The third-order valence-corrected chi connectivity index (χ3v) is 11.2. The summed E-state index contributed by atoms with van der Waals surface area (Å²) in [6, 6.07) is 69.3. The van der Waals surface area contributed by atoms with E-state index < -0.39 is 0 Å². The summed E-state index contributed by atoms with van der Waals surface area (Å²) in [7, 11) is 0. The van der Waals surface area contributed by atoms with Crippen molar-refractivity contribution in [3.05, 3.63) is 194 Å². The van der Waals surface area contributed by atoms with Crippen LogP contribution >= 0.6 is 11.3 Å². The average molecular weight is 693 g/mol. The summed E-state index contributed by atoms with van der Waals surface area (Å²) in [4.78, 5) is 10.5. The predicted molar refractivity (Wildman–Crippen MR) is 225 cm³/mol. The van der Waals surface area contributed by atoms with Gasteiger partial charge in [-0.15, -0.1) is 11.3 Å². The molecule has 0 fully saturated rings. The Morgan fingerprint density at radius 3 is 1.72 bits per heavy atom. The van der Waals surface area contributed by atoms with Crippen LogP contribution in [0.15, 0.2) is 194 Å². The molecule has 0 amide bonds. The molecule has 2 aromatic heterocycles. The lowest BCUT2D eigenvalue weighted by molar-refractivity contribution is 1.18. The minimum atomic E-state index is 0.697. The van der Waals surface area contributed by atoms with Crippen molar-refractivity contribution in [3.63, 3.8) is 0 Å². The number of fused-ring (bicyclic) bond motifs is 4. The second kappa shape index (κ2) is 13.1. The van der Waals surface area contributed by atoms with E-state index in [-0.39, 0.29) is 0 Å². The monoisotopic (exact) mass is 692 g/mol.